The van der Waals surface area contributed by atoms with Crippen molar-refractivity contribution in [2.24, 2.45) is 0 Å². The molecule has 0 spiro atoms. The summed E-state index contributed by atoms with van der Waals surface area (Å²) in [6, 6.07) is 3.35. The standard InChI is InChI=1S/C11H14F3NO/c1-7-5-8(2)10(6-9(7)15)16-4-3-11(12,13)14/h5-6H,3-4,15H2,1-2H3. The van der Waals surface area contributed by atoms with Crippen LogP contribution >= 0.6 is 0 Å². The maximum Gasteiger partial charge on any atom is 0.392 e. The molecule has 0 heterocycles. The molecule has 5 heteroatoms. The summed E-state index contributed by atoms with van der Waals surface area (Å²) in [5.41, 5.74) is 7.84. The normalized spacial score (nSPS) is 11.6. The number of anilines is 1. The molecule has 0 atom stereocenters. The fourth-order valence-corrected chi connectivity index (χ4v) is 1.28. The molecule has 0 bridgehead atoms. The maximum absolute atomic E-state index is 11.9. The Hall–Kier alpha value is -1.39. The van der Waals surface area contributed by atoms with Crippen LogP contribution in [0.15, 0.2) is 12.1 Å². The first-order valence-corrected chi connectivity index (χ1v) is 4.86. The summed E-state index contributed by atoms with van der Waals surface area (Å²) in [5, 5.41) is 0. The van der Waals surface area contributed by atoms with E-state index in [4.69, 9.17) is 10.5 Å². The number of aryl methyl sites for hydroxylation is 2. The Balaban J connectivity index is 2.64. The number of nitrogens with two attached hydrogens (primary N) is 1. The van der Waals surface area contributed by atoms with Gasteiger partial charge >= 0.3 is 6.18 Å². The maximum atomic E-state index is 11.9. The Labute approximate surface area is 92.2 Å². The van der Waals surface area contributed by atoms with E-state index in [0.717, 1.165) is 11.1 Å². The number of nitrogen functional groups attached to an aromatic ring is 1. The number of rotatable bonds is 3. The van der Waals surface area contributed by atoms with Gasteiger partial charge in [0.05, 0.1) is 13.0 Å². The number of halogens is 3. The van der Waals surface area contributed by atoms with Gasteiger partial charge in [-0.3, -0.25) is 0 Å². The molecule has 90 valence electrons. The Morgan fingerprint density at radius 2 is 1.81 bits per heavy atom. The Morgan fingerprint density at radius 1 is 1.19 bits per heavy atom. The predicted octanol–water partition coefficient (Wildman–Crippen LogP) is 3.22. The molecule has 0 aromatic heterocycles. The van der Waals surface area contributed by atoms with Gasteiger partial charge in [-0.2, -0.15) is 13.2 Å². The second kappa shape index (κ2) is 4.63. The summed E-state index contributed by atoms with van der Waals surface area (Å²) in [6.07, 6.45) is -5.15. The van der Waals surface area contributed by atoms with Crippen molar-refractivity contribution < 1.29 is 17.9 Å². The minimum absolute atomic E-state index is 0.382. The quantitative estimate of drug-likeness (QED) is 0.813. The van der Waals surface area contributed by atoms with E-state index in [1.54, 1.807) is 19.1 Å². The number of alkyl halides is 3. The number of benzene rings is 1. The van der Waals surface area contributed by atoms with Crippen LogP contribution in [0.4, 0.5) is 18.9 Å². The van der Waals surface area contributed by atoms with Crippen molar-refractivity contribution in [3.8, 4) is 5.75 Å². The van der Waals surface area contributed by atoms with Gasteiger partial charge in [-0.25, -0.2) is 0 Å². The second-order valence-electron chi connectivity index (χ2n) is 3.69. The third-order valence-electron chi connectivity index (χ3n) is 2.21. The Bertz CT molecular complexity index is 374. The van der Waals surface area contributed by atoms with Gasteiger partial charge in [0.25, 0.3) is 0 Å². The largest absolute Gasteiger partial charge is 0.493 e. The van der Waals surface area contributed by atoms with Crippen LogP contribution < -0.4 is 10.5 Å². The van der Waals surface area contributed by atoms with Gasteiger partial charge in [-0.1, -0.05) is 6.07 Å². The van der Waals surface area contributed by atoms with E-state index < -0.39 is 12.6 Å². The highest BCUT2D eigenvalue weighted by Crippen LogP contribution is 2.26. The van der Waals surface area contributed by atoms with E-state index in [1.165, 1.54) is 0 Å². The van der Waals surface area contributed by atoms with Crippen LogP contribution in [0, 0.1) is 13.8 Å². The van der Waals surface area contributed by atoms with Crippen LogP contribution in [0.2, 0.25) is 0 Å². The van der Waals surface area contributed by atoms with E-state index in [9.17, 15) is 13.2 Å². The zero-order valence-corrected chi connectivity index (χ0v) is 9.19. The Kier molecular flexibility index (Phi) is 3.67. The summed E-state index contributed by atoms with van der Waals surface area (Å²) < 4.78 is 40.7. The summed E-state index contributed by atoms with van der Waals surface area (Å²) in [5.74, 6) is 0.410. The fraction of sp³-hybridized carbons (Fsp3) is 0.455. The van der Waals surface area contributed by atoms with Crippen LogP contribution in [0.1, 0.15) is 17.5 Å². The minimum atomic E-state index is -4.19. The number of hydrogen-bond acceptors (Lipinski definition) is 2. The summed E-state index contributed by atoms with van der Waals surface area (Å²) in [6.45, 7) is 3.23. The lowest BCUT2D eigenvalue weighted by atomic mass is 10.1. The van der Waals surface area contributed by atoms with Crippen LogP contribution in [-0.2, 0) is 0 Å². The van der Waals surface area contributed by atoms with E-state index >= 15 is 0 Å². The van der Waals surface area contributed by atoms with Gasteiger partial charge in [-0.05, 0) is 25.0 Å². The molecular formula is C11H14F3NO. The topological polar surface area (TPSA) is 35.2 Å². The smallest absolute Gasteiger partial charge is 0.392 e. The molecule has 0 unspecified atom stereocenters. The molecule has 1 aromatic carbocycles. The predicted molar refractivity (Wildman–Crippen MR) is 56.5 cm³/mol. The van der Waals surface area contributed by atoms with E-state index in [0.29, 0.717) is 11.4 Å². The summed E-state index contributed by atoms with van der Waals surface area (Å²) >= 11 is 0. The molecule has 2 N–H and O–H groups in total. The highest BCUT2D eigenvalue weighted by atomic mass is 19.4. The zero-order valence-electron chi connectivity index (χ0n) is 9.19. The van der Waals surface area contributed by atoms with Crippen molar-refractivity contribution in [3.05, 3.63) is 23.3 Å². The van der Waals surface area contributed by atoms with Gasteiger partial charge in [0.2, 0.25) is 0 Å². The van der Waals surface area contributed by atoms with Gasteiger partial charge in [-0.15, -0.1) is 0 Å². The number of hydrogen-bond donors (Lipinski definition) is 1. The molecule has 0 radical (unpaired) electrons. The van der Waals surface area contributed by atoms with Crippen LogP contribution in [0.3, 0.4) is 0 Å². The first-order valence-electron chi connectivity index (χ1n) is 4.86. The van der Waals surface area contributed by atoms with E-state index in [2.05, 4.69) is 0 Å². The first kappa shape index (κ1) is 12.7. The lowest BCUT2D eigenvalue weighted by Crippen LogP contribution is -2.13. The van der Waals surface area contributed by atoms with Crippen LogP contribution in [0.5, 0.6) is 5.75 Å². The zero-order chi connectivity index (χ0) is 12.3. The van der Waals surface area contributed by atoms with E-state index in [-0.39, 0.29) is 6.61 Å². The molecule has 2 nitrogen and oxygen atoms in total. The molecule has 0 aliphatic carbocycles. The number of ether oxygens (including phenoxy) is 1. The average molecular weight is 233 g/mol. The van der Waals surface area contributed by atoms with Gasteiger partial charge in [0.1, 0.15) is 5.75 Å². The van der Waals surface area contributed by atoms with Gasteiger partial charge in [0.15, 0.2) is 0 Å². The van der Waals surface area contributed by atoms with Crippen molar-refractivity contribution in [1.82, 2.24) is 0 Å². The SMILES string of the molecule is Cc1cc(C)c(OCCC(F)(F)F)cc1N. The molecule has 0 saturated carbocycles. The summed E-state index contributed by atoms with van der Waals surface area (Å²) in [4.78, 5) is 0. The molecular weight excluding hydrogens is 219 g/mol. The van der Waals surface area contributed by atoms with E-state index in [1.807, 2.05) is 6.92 Å². The molecule has 0 fully saturated rings. The molecule has 1 aromatic rings. The van der Waals surface area contributed by atoms with Gasteiger partial charge < -0.3 is 10.5 Å². The van der Waals surface area contributed by atoms with Crippen LogP contribution in [-0.4, -0.2) is 12.8 Å². The molecule has 0 amide bonds. The van der Waals surface area contributed by atoms with Crippen molar-refractivity contribution in [3.63, 3.8) is 0 Å². The fourth-order valence-electron chi connectivity index (χ4n) is 1.28. The molecule has 0 aliphatic rings. The molecule has 0 saturated heterocycles. The third kappa shape index (κ3) is 3.64. The highest BCUT2D eigenvalue weighted by molar-refractivity contribution is 5.54. The van der Waals surface area contributed by atoms with Crippen molar-refractivity contribution in [2.75, 3.05) is 12.3 Å². The lowest BCUT2D eigenvalue weighted by Gasteiger charge is -2.12. The second-order valence-corrected chi connectivity index (χ2v) is 3.69. The Morgan fingerprint density at radius 3 is 2.38 bits per heavy atom. The lowest BCUT2D eigenvalue weighted by molar-refractivity contribution is -0.139. The van der Waals surface area contributed by atoms with Crippen LogP contribution in [0.25, 0.3) is 0 Å². The molecule has 16 heavy (non-hydrogen) atoms. The highest BCUT2D eigenvalue weighted by Gasteiger charge is 2.26. The summed E-state index contributed by atoms with van der Waals surface area (Å²) in [7, 11) is 0. The first-order chi connectivity index (χ1) is 7.29. The van der Waals surface area contributed by atoms with Gasteiger partial charge in [0, 0.05) is 11.8 Å². The monoisotopic (exact) mass is 233 g/mol. The molecule has 1 rings (SSSR count). The van der Waals surface area contributed by atoms with Crippen molar-refractivity contribution >= 4 is 5.69 Å². The van der Waals surface area contributed by atoms with Crippen molar-refractivity contribution in [1.29, 1.82) is 0 Å². The van der Waals surface area contributed by atoms with Crippen molar-refractivity contribution in [2.45, 2.75) is 26.4 Å². The molecule has 0 aliphatic heterocycles. The average Bonchev–Trinajstić information content (AvgIpc) is 2.11. The minimum Gasteiger partial charge on any atom is -0.493 e. The third-order valence-corrected chi connectivity index (χ3v) is 2.21.